The summed E-state index contributed by atoms with van der Waals surface area (Å²) >= 11 is 0. The van der Waals surface area contributed by atoms with Gasteiger partial charge in [0, 0.05) is 5.92 Å². The number of carboxylic acids is 1. The Hall–Kier alpha value is -1.88. The number of benzene rings is 1. The van der Waals surface area contributed by atoms with Crippen LogP contribution in [0.15, 0.2) is 24.3 Å². The molecular weight excluding hydrogens is 354 g/mol. The van der Waals surface area contributed by atoms with E-state index in [-0.39, 0.29) is 24.3 Å². The average Bonchev–Trinajstić information content (AvgIpc) is 3.34. The molecule has 0 aliphatic heterocycles. The number of carbonyl (C=O) groups is 2. The maximum absolute atomic E-state index is 12.3. The molecule has 1 atom stereocenters. The smallest absolute Gasteiger partial charge is 0.306 e. The Bertz CT molecular complexity index is 627. The van der Waals surface area contributed by atoms with E-state index in [4.69, 9.17) is 5.11 Å². The minimum Gasteiger partial charge on any atom is -0.481 e. The Morgan fingerprint density at radius 1 is 1.14 bits per heavy atom. The fraction of sp³-hybridized carbons (Fsp3) is 0.652. The van der Waals surface area contributed by atoms with Crippen LogP contribution in [-0.4, -0.2) is 34.2 Å². The molecule has 0 heterocycles. The molecule has 0 spiro atoms. The lowest BCUT2D eigenvalue weighted by Crippen LogP contribution is -2.53. The second-order valence-electron chi connectivity index (χ2n) is 8.26. The van der Waals surface area contributed by atoms with Gasteiger partial charge >= 0.3 is 5.97 Å². The summed E-state index contributed by atoms with van der Waals surface area (Å²) in [5.74, 6) is -0.471. The summed E-state index contributed by atoms with van der Waals surface area (Å²) in [5, 5.41) is 21.4. The zero-order valence-corrected chi connectivity index (χ0v) is 17.2. The number of hydrogen-bond acceptors (Lipinski definition) is 3. The molecule has 5 heteroatoms. The normalized spacial score (nSPS) is 18.7. The molecule has 2 aliphatic rings. The minimum atomic E-state index is -0.653. The first-order valence-corrected chi connectivity index (χ1v) is 10.7. The van der Waals surface area contributed by atoms with E-state index in [1.54, 1.807) is 0 Å². The van der Waals surface area contributed by atoms with Gasteiger partial charge in [-0.15, -0.1) is 0 Å². The third-order valence-corrected chi connectivity index (χ3v) is 6.07. The maximum Gasteiger partial charge on any atom is 0.306 e. The SMILES string of the molecule is CCC[C@H](CC)C(=O)O.O=C(NC1(CO)Cc2ccccc2C1)C1CCCC1. The predicted molar refractivity (Wildman–Crippen MR) is 110 cm³/mol. The Labute approximate surface area is 168 Å². The molecule has 1 aromatic rings. The number of fused-ring (bicyclic) bond motifs is 1. The van der Waals surface area contributed by atoms with Gasteiger partial charge in [0.05, 0.1) is 18.1 Å². The number of carboxylic acid groups (broad SMARTS) is 1. The van der Waals surface area contributed by atoms with Crippen LogP contribution in [0.25, 0.3) is 0 Å². The van der Waals surface area contributed by atoms with Crippen molar-refractivity contribution in [3.63, 3.8) is 0 Å². The van der Waals surface area contributed by atoms with Crippen LogP contribution in [0.4, 0.5) is 0 Å². The molecule has 3 N–H and O–H groups in total. The average molecular weight is 390 g/mol. The number of nitrogens with one attached hydrogen (secondary N) is 1. The Balaban J connectivity index is 0.000000266. The summed E-state index contributed by atoms with van der Waals surface area (Å²) in [7, 11) is 0. The topological polar surface area (TPSA) is 86.6 Å². The monoisotopic (exact) mass is 389 g/mol. The first-order chi connectivity index (χ1) is 13.4. The van der Waals surface area contributed by atoms with Crippen LogP contribution in [0.1, 0.15) is 69.9 Å². The Kier molecular flexibility index (Phi) is 8.49. The molecule has 0 aromatic heterocycles. The van der Waals surface area contributed by atoms with Gasteiger partial charge in [0.25, 0.3) is 0 Å². The quantitative estimate of drug-likeness (QED) is 0.663. The molecule has 1 amide bonds. The van der Waals surface area contributed by atoms with Gasteiger partial charge < -0.3 is 15.5 Å². The van der Waals surface area contributed by atoms with Crippen molar-refractivity contribution < 1.29 is 19.8 Å². The van der Waals surface area contributed by atoms with Gasteiger partial charge in [-0.3, -0.25) is 9.59 Å². The number of aliphatic hydroxyl groups is 1. The molecule has 0 saturated heterocycles. The largest absolute Gasteiger partial charge is 0.481 e. The lowest BCUT2D eigenvalue weighted by atomic mass is 9.95. The van der Waals surface area contributed by atoms with Crippen molar-refractivity contribution in [2.45, 2.75) is 77.2 Å². The van der Waals surface area contributed by atoms with E-state index >= 15 is 0 Å². The molecule has 1 aromatic carbocycles. The molecule has 2 aliphatic carbocycles. The Morgan fingerprint density at radius 2 is 1.71 bits per heavy atom. The van der Waals surface area contributed by atoms with Crippen LogP contribution < -0.4 is 5.32 Å². The molecule has 28 heavy (non-hydrogen) atoms. The molecule has 3 rings (SSSR count). The first-order valence-electron chi connectivity index (χ1n) is 10.7. The summed E-state index contributed by atoms with van der Waals surface area (Å²) in [5.41, 5.74) is 2.04. The van der Waals surface area contributed by atoms with Crippen molar-refractivity contribution in [1.29, 1.82) is 0 Å². The number of amides is 1. The van der Waals surface area contributed by atoms with Crippen molar-refractivity contribution in [2.24, 2.45) is 11.8 Å². The molecule has 156 valence electrons. The van der Waals surface area contributed by atoms with Crippen molar-refractivity contribution in [2.75, 3.05) is 6.61 Å². The highest BCUT2D eigenvalue weighted by Gasteiger charge is 2.39. The molecular formula is C23H35NO4. The molecule has 5 nitrogen and oxygen atoms in total. The van der Waals surface area contributed by atoms with Crippen LogP contribution in [0, 0.1) is 11.8 Å². The fourth-order valence-corrected chi connectivity index (χ4v) is 4.34. The van der Waals surface area contributed by atoms with E-state index in [1.165, 1.54) is 11.1 Å². The highest BCUT2D eigenvalue weighted by molar-refractivity contribution is 5.80. The van der Waals surface area contributed by atoms with Crippen LogP contribution in [0.5, 0.6) is 0 Å². The summed E-state index contributed by atoms with van der Waals surface area (Å²) < 4.78 is 0. The predicted octanol–water partition coefficient (Wildman–Crippen LogP) is 3.72. The molecule has 0 bridgehead atoms. The third-order valence-electron chi connectivity index (χ3n) is 6.07. The standard InChI is InChI=1S/C16H21NO2.C7H14O2/c18-11-16(17-15(19)12-5-1-2-6-12)9-13-7-3-4-8-14(13)10-16;1-3-5-6(4-2)7(8)9/h3-4,7-8,12,18H,1-2,5-6,9-11H2,(H,17,19);6H,3-5H2,1-2H3,(H,8,9)/t;6-/m.0/s1. The van der Waals surface area contributed by atoms with Crippen molar-refractivity contribution in [1.82, 2.24) is 5.32 Å². The zero-order chi connectivity index (χ0) is 20.6. The van der Waals surface area contributed by atoms with E-state index in [2.05, 4.69) is 17.4 Å². The number of hydrogen-bond donors (Lipinski definition) is 3. The highest BCUT2D eigenvalue weighted by Crippen LogP contribution is 2.31. The summed E-state index contributed by atoms with van der Waals surface area (Å²) in [6, 6.07) is 8.22. The van der Waals surface area contributed by atoms with Crippen molar-refractivity contribution in [3.05, 3.63) is 35.4 Å². The van der Waals surface area contributed by atoms with Crippen LogP contribution in [-0.2, 0) is 22.4 Å². The van der Waals surface area contributed by atoms with Gasteiger partial charge in [-0.1, -0.05) is 57.4 Å². The lowest BCUT2D eigenvalue weighted by molar-refractivity contribution is -0.142. The van der Waals surface area contributed by atoms with Crippen molar-refractivity contribution in [3.8, 4) is 0 Å². The second kappa shape index (κ2) is 10.6. The van der Waals surface area contributed by atoms with Crippen LogP contribution in [0.3, 0.4) is 0 Å². The second-order valence-corrected chi connectivity index (χ2v) is 8.26. The molecule has 0 radical (unpaired) electrons. The van der Waals surface area contributed by atoms with Crippen molar-refractivity contribution >= 4 is 11.9 Å². The summed E-state index contributed by atoms with van der Waals surface area (Å²) in [6.07, 6.45) is 8.34. The fourth-order valence-electron chi connectivity index (χ4n) is 4.34. The molecule has 1 fully saturated rings. The molecule has 0 unspecified atom stereocenters. The maximum atomic E-state index is 12.3. The number of aliphatic hydroxyl groups excluding tert-OH is 1. The Morgan fingerprint density at radius 3 is 2.11 bits per heavy atom. The summed E-state index contributed by atoms with van der Waals surface area (Å²) in [4.78, 5) is 22.6. The van der Waals surface area contributed by atoms with Crippen LogP contribution >= 0.6 is 0 Å². The van der Waals surface area contributed by atoms with Gasteiger partial charge in [0.2, 0.25) is 5.91 Å². The molecule has 1 saturated carbocycles. The van der Waals surface area contributed by atoms with E-state index in [0.717, 1.165) is 57.8 Å². The van der Waals surface area contributed by atoms with Gasteiger partial charge in [-0.05, 0) is 49.7 Å². The number of rotatable bonds is 7. The highest BCUT2D eigenvalue weighted by atomic mass is 16.4. The van der Waals surface area contributed by atoms with Gasteiger partial charge in [0.15, 0.2) is 0 Å². The van der Waals surface area contributed by atoms with Gasteiger partial charge in [0.1, 0.15) is 0 Å². The van der Waals surface area contributed by atoms with Gasteiger partial charge in [-0.2, -0.15) is 0 Å². The number of aliphatic carboxylic acids is 1. The van der Waals surface area contributed by atoms with Crippen LogP contribution in [0.2, 0.25) is 0 Å². The lowest BCUT2D eigenvalue weighted by Gasteiger charge is -2.29. The zero-order valence-electron chi connectivity index (χ0n) is 17.2. The third kappa shape index (κ3) is 5.81. The summed E-state index contributed by atoms with van der Waals surface area (Å²) in [6.45, 7) is 3.93. The first kappa shape index (κ1) is 22.4. The van der Waals surface area contributed by atoms with Gasteiger partial charge in [-0.25, -0.2) is 0 Å². The van der Waals surface area contributed by atoms with E-state index in [1.807, 2.05) is 26.0 Å². The van der Waals surface area contributed by atoms with E-state index < -0.39 is 11.5 Å². The number of carbonyl (C=O) groups excluding carboxylic acids is 1. The van der Waals surface area contributed by atoms with E-state index in [0.29, 0.717) is 0 Å². The van der Waals surface area contributed by atoms with E-state index in [9.17, 15) is 14.7 Å². The minimum absolute atomic E-state index is 0.0140.